The number of rotatable bonds is 3. The van der Waals surface area contributed by atoms with Crippen molar-refractivity contribution in [2.24, 2.45) is 0 Å². The Balaban J connectivity index is 1.62. The number of aromatic nitrogens is 2. The summed E-state index contributed by atoms with van der Waals surface area (Å²) in [5, 5.41) is 0. The van der Waals surface area contributed by atoms with Crippen molar-refractivity contribution in [2.45, 2.75) is 19.8 Å². The van der Waals surface area contributed by atoms with Crippen molar-refractivity contribution >= 4 is 11.9 Å². The first-order valence-electron chi connectivity index (χ1n) is 8.06. The van der Waals surface area contributed by atoms with Gasteiger partial charge in [-0.1, -0.05) is 26.0 Å². The van der Waals surface area contributed by atoms with E-state index in [1.54, 1.807) is 12.4 Å². The fourth-order valence-corrected chi connectivity index (χ4v) is 2.76. The Bertz CT molecular complexity index is 646. The first-order valence-corrected chi connectivity index (χ1v) is 8.06. The molecule has 0 bridgehead atoms. The lowest BCUT2D eigenvalue weighted by Crippen LogP contribution is -2.49. The number of anilines is 1. The summed E-state index contributed by atoms with van der Waals surface area (Å²) >= 11 is 0. The van der Waals surface area contributed by atoms with E-state index in [-0.39, 0.29) is 5.91 Å². The van der Waals surface area contributed by atoms with Gasteiger partial charge >= 0.3 is 0 Å². The molecule has 0 atom stereocenters. The SMILES string of the molecule is CC(C)c1ccc(C(=O)N2CCN(c3ncccn3)CC2)cc1. The Hall–Kier alpha value is -2.43. The Morgan fingerprint density at radius 1 is 1.00 bits per heavy atom. The van der Waals surface area contributed by atoms with Crippen LogP contribution >= 0.6 is 0 Å². The van der Waals surface area contributed by atoms with Crippen molar-refractivity contribution < 1.29 is 4.79 Å². The van der Waals surface area contributed by atoms with Crippen molar-refractivity contribution in [3.8, 4) is 0 Å². The van der Waals surface area contributed by atoms with Gasteiger partial charge in [-0.15, -0.1) is 0 Å². The van der Waals surface area contributed by atoms with Gasteiger partial charge in [-0.3, -0.25) is 4.79 Å². The number of piperazine rings is 1. The van der Waals surface area contributed by atoms with Crippen LogP contribution in [-0.4, -0.2) is 47.0 Å². The van der Waals surface area contributed by atoms with E-state index in [1.807, 2.05) is 35.2 Å². The van der Waals surface area contributed by atoms with E-state index >= 15 is 0 Å². The number of amides is 1. The first-order chi connectivity index (χ1) is 11.1. The molecule has 23 heavy (non-hydrogen) atoms. The van der Waals surface area contributed by atoms with Gasteiger partial charge in [0.05, 0.1) is 0 Å². The van der Waals surface area contributed by atoms with Gasteiger partial charge in [0, 0.05) is 44.1 Å². The van der Waals surface area contributed by atoms with E-state index in [2.05, 4.69) is 28.7 Å². The fourth-order valence-electron chi connectivity index (χ4n) is 2.76. The molecule has 2 heterocycles. The third-order valence-corrected chi connectivity index (χ3v) is 4.23. The Labute approximate surface area is 137 Å². The van der Waals surface area contributed by atoms with Crippen LogP contribution in [0.25, 0.3) is 0 Å². The van der Waals surface area contributed by atoms with Crippen LogP contribution in [0, 0.1) is 0 Å². The molecule has 1 amide bonds. The molecule has 3 rings (SSSR count). The molecule has 0 radical (unpaired) electrons. The van der Waals surface area contributed by atoms with Gasteiger partial charge in [0.25, 0.3) is 5.91 Å². The highest BCUT2D eigenvalue weighted by molar-refractivity contribution is 5.94. The third-order valence-electron chi connectivity index (χ3n) is 4.23. The van der Waals surface area contributed by atoms with Crippen LogP contribution in [0.2, 0.25) is 0 Å². The van der Waals surface area contributed by atoms with E-state index in [4.69, 9.17) is 0 Å². The highest BCUT2D eigenvalue weighted by Crippen LogP contribution is 2.17. The molecule has 120 valence electrons. The molecule has 1 aliphatic rings. The average molecular weight is 310 g/mol. The third kappa shape index (κ3) is 3.50. The van der Waals surface area contributed by atoms with E-state index in [0.717, 1.165) is 24.6 Å². The van der Waals surface area contributed by atoms with Crippen LogP contribution in [0.4, 0.5) is 5.95 Å². The molecule has 0 N–H and O–H groups in total. The zero-order chi connectivity index (χ0) is 16.2. The largest absolute Gasteiger partial charge is 0.337 e. The summed E-state index contributed by atoms with van der Waals surface area (Å²) in [5.74, 6) is 1.32. The second-order valence-corrected chi connectivity index (χ2v) is 6.10. The number of hydrogen-bond acceptors (Lipinski definition) is 4. The molecule has 1 fully saturated rings. The van der Waals surface area contributed by atoms with Crippen LogP contribution in [-0.2, 0) is 0 Å². The molecule has 1 aromatic carbocycles. The smallest absolute Gasteiger partial charge is 0.253 e. The maximum absolute atomic E-state index is 12.6. The van der Waals surface area contributed by atoms with Crippen molar-refractivity contribution in [3.05, 3.63) is 53.9 Å². The molecule has 0 unspecified atom stereocenters. The number of carbonyl (C=O) groups excluding carboxylic acids is 1. The topological polar surface area (TPSA) is 49.3 Å². The number of hydrogen-bond donors (Lipinski definition) is 0. The molecule has 1 aliphatic heterocycles. The average Bonchev–Trinajstić information content (AvgIpc) is 2.62. The minimum absolute atomic E-state index is 0.105. The summed E-state index contributed by atoms with van der Waals surface area (Å²) in [6, 6.07) is 9.77. The van der Waals surface area contributed by atoms with Crippen LogP contribution in [0.3, 0.4) is 0 Å². The summed E-state index contributed by atoms with van der Waals surface area (Å²) in [6.45, 7) is 7.23. The molecular weight excluding hydrogens is 288 g/mol. The summed E-state index contributed by atoms with van der Waals surface area (Å²) in [7, 11) is 0. The monoisotopic (exact) mass is 310 g/mol. The Morgan fingerprint density at radius 3 is 2.17 bits per heavy atom. The van der Waals surface area contributed by atoms with Crippen molar-refractivity contribution in [1.82, 2.24) is 14.9 Å². The minimum atomic E-state index is 0.105. The molecule has 5 nitrogen and oxygen atoms in total. The van der Waals surface area contributed by atoms with Crippen LogP contribution in [0.5, 0.6) is 0 Å². The van der Waals surface area contributed by atoms with E-state index in [0.29, 0.717) is 19.0 Å². The standard InChI is InChI=1S/C18H22N4O/c1-14(2)15-4-6-16(7-5-15)17(23)21-10-12-22(13-11-21)18-19-8-3-9-20-18/h3-9,14H,10-13H2,1-2H3. The first kappa shape index (κ1) is 15.5. The van der Waals surface area contributed by atoms with Crippen LogP contribution in [0.15, 0.2) is 42.7 Å². The maximum atomic E-state index is 12.6. The molecule has 1 aromatic heterocycles. The highest BCUT2D eigenvalue weighted by atomic mass is 16.2. The summed E-state index contributed by atoms with van der Waals surface area (Å²) in [6.07, 6.45) is 3.49. The zero-order valence-electron chi connectivity index (χ0n) is 13.6. The molecule has 1 saturated heterocycles. The van der Waals surface area contributed by atoms with Gasteiger partial charge in [-0.2, -0.15) is 0 Å². The quantitative estimate of drug-likeness (QED) is 0.874. The number of nitrogens with zero attached hydrogens (tertiary/aromatic N) is 4. The normalized spacial score (nSPS) is 15.1. The van der Waals surface area contributed by atoms with Crippen LogP contribution < -0.4 is 4.90 Å². The van der Waals surface area contributed by atoms with Crippen molar-refractivity contribution in [2.75, 3.05) is 31.1 Å². The van der Waals surface area contributed by atoms with Gasteiger partial charge < -0.3 is 9.80 Å². The molecule has 2 aromatic rings. The second kappa shape index (κ2) is 6.77. The lowest BCUT2D eigenvalue weighted by Gasteiger charge is -2.34. The van der Waals surface area contributed by atoms with Gasteiger partial charge in [0.1, 0.15) is 0 Å². The molecule has 0 spiro atoms. The van der Waals surface area contributed by atoms with E-state index < -0.39 is 0 Å². The van der Waals surface area contributed by atoms with Gasteiger partial charge in [0.15, 0.2) is 0 Å². The van der Waals surface area contributed by atoms with Crippen molar-refractivity contribution in [1.29, 1.82) is 0 Å². The molecule has 5 heteroatoms. The molecule has 0 saturated carbocycles. The lowest BCUT2D eigenvalue weighted by atomic mass is 10.0. The fraction of sp³-hybridized carbons (Fsp3) is 0.389. The predicted octanol–water partition coefficient (Wildman–Crippen LogP) is 2.56. The Morgan fingerprint density at radius 2 is 1.61 bits per heavy atom. The van der Waals surface area contributed by atoms with Gasteiger partial charge in [-0.25, -0.2) is 9.97 Å². The zero-order valence-corrected chi connectivity index (χ0v) is 13.6. The van der Waals surface area contributed by atoms with E-state index in [1.165, 1.54) is 5.56 Å². The Kier molecular flexibility index (Phi) is 4.55. The maximum Gasteiger partial charge on any atom is 0.253 e. The lowest BCUT2D eigenvalue weighted by molar-refractivity contribution is 0.0746. The van der Waals surface area contributed by atoms with Crippen LogP contribution in [0.1, 0.15) is 35.7 Å². The van der Waals surface area contributed by atoms with Gasteiger partial charge in [0.2, 0.25) is 5.95 Å². The predicted molar refractivity (Wildman–Crippen MR) is 90.7 cm³/mol. The molecular formula is C18H22N4O. The minimum Gasteiger partial charge on any atom is -0.337 e. The van der Waals surface area contributed by atoms with Gasteiger partial charge in [-0.05, 0) is 29.7 Å². The number of benzene rings is 1. The highest BCUT2D eigenvalue weighted by Gasteiger charge is 2.23. The van der Waals surface area contributed by atoms with E-state index in [9.17, 15) is 4.79 Å². The second-order valence-electron chi connectivity index (χ2n) is 6.10. The number of carbonyl (C=O) groups is 1. The molecule has 0 aliphatic carbocycles. The summed E-state index contributed by atoms with van der Waals surface area (Å²) in [5.41, 5.74) is 2.02. The summed E-state index contributed by atoms with van der Waals surface area (Å²) in [4.78, 5) is 25.2. The van der Waals surface area contributed by atoms with Crippen molar-refractivity contribution in [3.63, 3.8) is 0 Å². The summed E-state index contributed by atoms with van der Waals surface area (Å²) < 4.78 is 0.